The van der Waals surface area contributed by atoms with Crippen LogP contribution in [0.4, 0.5) is 0 Å². The molecule has 1 heterocycles. The lowest BCUT2D eigenvalue weighted by Crippen LogP contribution is -2.21. The summed E-state index contributed by atoms with van der Waals surface area (Å²) in [4.78, 5) is 23.6. The van der Waals surface area contributed by atoms with Gasteiger partial charge in [0.25, 0.3) is 5.56 Å². The average Bonchev–Trinajstić information content (AvgIpc) is 2.68. The summed E-state index contributed by atoms with van der Waals surface area (Å²) in [5.74, 6) is -1.01. The van der Waals surface area contributed by atoms with E-state index < -0.39 is 5.97 Å². The van der Waals surface area contributed by atoms with Crippen LogP contribution in [0, 0.1) is 6.92 Å². The van der Waals surface area contributed by atoms with Crippen LogP contribution in [-0.2, 0) is 16.6 Å². The third-order valence-corrected chi connectivity index (χ3v) is 3.36. The van der Waals surface area contributed by atoms with E-state index in [-0.39, 0.29) is 17.4 Å². The van der Waals surface area contributed by atoms with Gasteiger partial charge in [-0.15, -0.1) is 0 Å². The molecular weight excluding hydrogens is 268 g/mol. The van der Waals surface area contributed by atoms with Crippen molar-refractivity contribution in [2.45, 2.75) is 39.5 Å². The highest BCUT2D eigenvalue weighted by Crippen LogP contribution is 2.23. The second-order valence-corrected chi connectivity index (χ2v) is 6.26. The Morgan fingerprint density at radius 2 is 1.81 bits per heavy atom. The molecule has 0 unspecified atom stereocenters. The summed E-state index contributed by atoms with van der Waals surface area (Å²) in [7, 11) is 0. The molecular formula is C16H20N2O3. The maximum Gasteiger partial charge on any atom is 0.308 e. The first-order valence-corrected chi connectivity index (χ1v) is 6.83. The molecule has 2 N–H and O–H groups in total. The van der Waals surface area contributed by atoms with Crippen molar-refractivity contribution in [1.82, 2.24) is 9.78 Å². The molecule has 0 aliphatic heterocycles. The van der Waals surface area contributed by atoms with Crippen molar-refractivity contribution in [3.8, 4) is 5.69 Å². The quantitative estimate of drug-likeness (QED) is 0.910. The van der Waals surface area contributed by atoms with Gasteiger partial charge in [0.05, 0.1) is 17.7 Å². The molecule has 0 atom stereocenters. The highest BCUT2D eigenvalue weighted by atomic mass is 16.4. The van der Waals surface area contributed by atoms with Crippen LogP contribution in [0.3, 0.4) is 0 Å². The monoisotopic (exact) mass is 288 g/mol. The van der Waals surface area contributed by atoms with E-state index in [1.165, 1.54) is 4.68 Å². The normalized spacial score (nSPS) is 11.6. The highest BCUT2D eigenvalue weighted by molar-refractivity contribution is 5.70. The standard InChI is InChI=1S/C16H20N2O3/c1-10-5-7-11(8-6-10)18-15(21)12(9-13(19)20)14(17-18)16(2,3)4/h5-8,17H,9H2,1-4H3,(H,19,20). The third-order valence-electron chi connectivity index (χ3n) is 3.36. The fourth-order valence-corrected chi connectivity index (χ4v) is 2.28. The Morgan fingerprint density at radius 1 is 1.24 bits per heavy atom. The van der Waals surface area contributed by atoms with E-state index >= 15 is 0 Å². The smallest absolute Gasteiger partial charge is 0.308 e. The number of carboxylic acids is 1. The van der Waals surface area contributed by atoms with Crippen molar-refractivity contribution < 1.29 is 9.90 Å². The minimum atomic E-state index is -1.01. The Bertz CT molecular complexity index is 715. The fraction of sp³-hybridized carbons (Fsp3) is 0.375. The first kappa shape index (κ1) is 15.1. The molecule has 5 heteroatoms. The van der Waals surface area contributed by atoms with Gasteiger partial charge in [-0.1, -0.05) is 38.5 Å². The predicted molar refractivity (Wildman–Crippen MR) is 81.2 cm³/mol. The number of rotatable bonds is 3. The molecule has 0 fully saturated rings. The molecule has 0 saturated carbocycles. The third kappa shape index (κ3) is 3.07. The summed E-state index contributed by atoms with van der Waals surface area (Å²) in [5, 5.41) is 12.1. The van der Waals surface area contributed by atoms with Crippen LogP contribution in [0.1, 0.15) is 37.6 Å². The number of nitrogens with one attached hydrogen (secondary N) is 1. The van der Waals surface area contributed by atoms with E-state index in [2.05, 4.69) is 5.10 Å². The predicted octanol–water partition coefficient (Wildman–Crippen LogP) is 2.40. The Kier molecular flexibility index (Phi) is 3.77. The lowest BCUT2D eigenvalue weighted by molar-refractivity contribution is -0.136. The summed E-state index contributed by atoms with van der Waals surface area (Å²) in [6.07, 6.45) is -0.277. The van der Waals surface area contributed by atoms with Crippen LogP contribution in [0.15, 0.2) is 29.1 Å². The number of aliphatic carboxylic acids is 1. The number of aryl methyl sites for hydroxylation is 1. The zero-order valence-corrected chi connectivity index (χ0v) is 12.7. The number of H-pyrrole nitrogens is 1. The van der Waals surface area contributed by atoms with E-state index in [9.17, 15) is 9.59 Å². The summed E-state index contributed by atoms with van der Waals surface area (Å²) in [5.41, 5.74) is 2.14. The Labute approximate surface area is 123 Å². The van der Waals surface area contributed by atoms with Gasteiger partial charge in [0.1, 0.15) is 0 Å². The first-order chi connectivity index (χ1) is 9.70. The van der Waals surface area contributed by atoms with Gasteiger partial charge in [-0.3, -0.25) is 14.7 Å². The summed E-state index contributed by atoms with van der Waals surface area (Å²) in [6, 6.07) is 7.50. The van der Waals surface area contributed by atoms with E-state index in [4.69, 9.17) is 5.11 Å². The Hall–Kier alpha value is -2.30. The second-order valence-electron chi connectivity index (χ2n) is 6.26. The van der Waals surface area contributed by atoms with Crippen molar-refractivity contribution in [2.24, 2.45) is 0 Å². The van der Waals surface area contributed by atoms with Crippen LogP contribution in [0.2, 0.25) is 0 Å². The molecule has 0 radical (unpaired) electrons. The summed E-state index contributed by atoms with van der Waals surface area (Å²) in [6.45, 7) is 7.81. The summed E-state index contributed by atoms with van der Waals surface area (Å²) >= 11 is 0. The van der Waals surface area contributed by atoms with Gasteiger partial charge in [-0.2, -0.15) is 0 Å². The SMILES string of the molecule is Cc1ccc(-n2[nH]c(C(C)(C)C)c(CC(=O)O)c2=O)cc1. The second kappa shape index (κ2) is 5.24. The van der Waals surface area contributed by atoms with Crippen LogP contribution >= 0.6 is 0 Å². The highest BCUT2D eigenvalue weighted by Gasteiger charge is 2.26. The van der Waals surface area contributed by atoms with Gasteiger partial charge in [0.2, 0.25) is 0 Å². The van der Waals surface area contributed by atoms with E-state index in [0.717, 1.165) is 5.56 Å². The Balaban J connectivity index is 2.64. The molecule has 0 spiro atoms. The zero-order valence-electron chi connectivity index (χ0n) is 12.7. The number of aromatic nitrogens is 2. The molecule has 2 aromatic rings. The minimum absolute atomic E-state index is 0.277. The van der Waals surface area contributed by atoms with Gasteiger partial charge >= 0.3 is 5.97 Å². The van der Waals surface area contributed by atoms with Crippen molar-refractivity contribution in [2.75, 3.05) is 0 Å². The van der Waals surface area contributed by atoms with Crippen LogP contribution in [0.5, 0.6) is 0 Å². The van der Waals surface area contributed by atoms with Crippen molar-refractivity contribution >= 4 is 5.97 Å². The maximum atomic E-state index is 12.5. The fourth-order valence-electron chi connectivity index (χ4n) is 2.28. The number of benzene rings is 1. The zero-order chi connectivity index (χ0) is 15.8. The molecule has 2 rings (SSSR count). The number of hydrogen-bond donors (Lipinski definition) is 2. The molecule has 0 aliphatic carbocycles. The number of carboxylic acid groups (broad SMARTS) is 1. The van der Waals surface area contributed by atoms with Crippen molar-refractivity contribution in [3.05, 3.63) is 51.4 Å². The van der Waals surface area contributed by atoms with Gasteiger partial charge in [0, 0.05) is 11.1 Å². The van der Waals surface area contributed by atoms with E-state index in [1.807, 2.05) is 52.0 Å². The Morgan fingerprint density at radius 3 is 2.29 bits per heavy atom. The van der Waals surface area contributed by atoms with E-state index in [1.54, 1.807) is 0 Å². The largest absolute Gasteiger partial charge is 0.481 e. The molecule has 21 heavy (non-hydrogen) atoms. The molecule has 1 aromatic heterocycles. The van der Waals surface area contributed by atoms with Crippen molar-refractivity contribution in [1.29, 1.82) is 0 Å². The van der Waals surface area contributed by atoms with Crippen LogP contribution in [0.25, 0.3) is 5.69 Å². The number of nitrogens with zero attached hydrogens (tertiary/aromatic N) is 1. The van der Waals surface area contributed by atoms with Crippen LogP contribution in [-0.4, -0.2) is 20.9 Å². The molecule has 112 valence electrons. The number of hydrogen-bond acceptors (Lipinski definition) is 2. The molecule has 0 amide bonds. The number of aromatic amines is 1. The molecule has 0 aliphatic rings. The summed E-state index contributed by atoms with van der Waals surface area (Å²) < 4.78 is 1.41. The topological polar surface area (TPSA) is 75.1 Å². The van der Waals surface area contributed by atoms with Gasteiger partial charge in [-0.25, -0.2) is 4.68 Å². The van der Waals surface area contributed by atoms with Gasteiger partial charge < -0.3 is 5.11 Å². The number of carbonyl (C=O) groups is 1. The first-order valence-electron chi connectivity index (χ1n) is 6.83. The van der Waals surface area contributed by atoms with Gasteiger partial charge in [0.15, 0.2) is 0 Å². The average molecular weight is 288 g/mol. The van der Waals surface area contributed by atoms with Gasteiger partial charge in [-0.05, 0) is 19.1 Å². The minimum Gasteiger partial charge on any atom is -0.481 e. The van der Waals surface area contributed by atoms with Crippen molar-refractivity contribution in [3.63, 3.8) is 0 Å². The van der Waals surface area contributed by atoms with Crippen LogP contribution < -0.4 is 5.56 Å². The molecule has 5 nitrogen and oxygen atoms in total. The molecule has 0 bridgehead atoms. The molecule has 0 saturated heterocycles. The lowest BCUT2D eigenvalue weighted by Gasteiger charge is -2.17. The van der Waals surface area contributed by atoms with E-state index in [0.29, 0.717) is 16.9 Å². The maximum absolute atomic E-state index is 12.5. The molecule has 1 aromatic carbocycles. The lowest BCUT2D eigenvalue weighted by atomic mass is 9.89.